The number of nitrogens with one attached hydrogen (secondary N) is 2. The zero-order valence-electron chi connectivity index (χ0n) is 15.1. The Labute approximate surface area is 152 Å². The molecule has 134 valence electrons. The number of rotatable bonds is 4. The zero-order valence-corrected chi connectivity index (χ0v) is 15.1. The highest BCUT2D eigenvalue weighted by atomic mass is 16.5. The van der Waals surface area contributed by atoms with Crippen LogP contribution in [0, 0.1) is 17.2 Å². The van der Waals surface area contributed by atoms with Crippen LogP contribution in [0.25, 0.3) is 16.9 Å². The van der Waals surface area contributed by atoms with E-state index in [-0.39, 0.29) is 0 Å². The van der Waals surface area contributed by atoms with Crippen molar-refractivity contribution in [3.63, 3.8) is 0 Å². The first-order chi connectivity index (χ1) is 12.7. The van der Waals surface area contributed by atoms with Gasteiger partial charge >= 0.3 is 0 Å². The molecule has 3 aromatic rings. The lowest BCUT2D eigenvalue weighted by molar-refractivity contribution is 0.360. The molecule has 0 saturated heterocycles. The third-order valence-corrected chi connectivity index (χ3v) is 5.30. The SMILES string of the molecule is COc1ccc(-c2nc3c(C#N)c[nH]n3c2NC2CCC(C)CC2)cc1. The van der Waals surface area contributed by atoms with Gasteiger partial charge in [-0.2, -0.15) is 5.26 Å². The molecule has 26 heavy (non-hydrogen) atoms. The first-order valence-corrected chi connectivity index (χ1v) is 9.10. The number of aromatic amines is 1. The molecule has 1 fully saturated rings. The van der Waals surface area contributed by atoms with Gasteiger partial charge in [-0.25, -0.2) is 9.50 Å². The molecule has 0 spiro atoms. The maximum Gasteiger partial charge on any atom is 0.173 e. The first-order valence-electron chi connectivity index (χ1n) is 9.10. The van der Waals surface area contributed by atoms with Crippen LogP contribution in [0.4, 0.5) is 5.82 Å². The molecule has 0 radical (unpaired) electrons. The van der Waals surface area contributed by atoms with E-state index in [2.05, 4.69) is 23.4 Å². The van der Waals surface area contributed by atoms with Crippen LogP contribution >= 0.6 is 0 Å². The first kappa shape index (κ1) is 16.5. The van der Waals surface area contributed by atoms with Gasteiger partial charge in [0.05, 0.1) is 7.11 Å². The lowest BCUT2D eigenvalue weighted by atomic mass is 9.87. The average molecular weight is 349 g/mol. The van der Waals surface area contributed by atoms with E-state index in [9.17, 15) is 5.26 Å². The summed E-state index contributed by atoms with van der Waals surface area (Å²) in [5.74, 6) is 2.54. The van der Waals surface area contributed by atoms with E-state index in [1.165, 1.54) is 12.8 Å². The second-order valence-electron chi connectivity index (χ2n) is 7.10. The monoisotopic (exact) mass is 349 g/mol. The number of nitriles is 1. The van der Waals surface area contributed by atoms with Gasteiger partial charge in [-0.05, 0) is 55.9 Å². The second kappa shape index (κ2) is 6.75. The van der Waals surface area contributed by atoms with Gasteiger partial charge < -0.3 is 10.1 Å². The normalized spacial score (nSPS) is 20.0. The van der Waals surface area contributed by atoms with Crippen LogP contribution in [0.1, 0.15) is 38.2 Å². The van der Waals surface area contributed by atoms with Gasteiger partial charge in [0.25, 0.3) is 0 Å². The predicted molar refractivity (Wildman–Crippen MR) is 101 cm³/mol. The van der Waals surface area contributed by atoms with E-state index >= 15 is 0 Å². The molecule has 1 aliphatic rings. The number of fused-ring (bicyclic) bond motifs is 1. The van der Waals surface area contributed by atoms with Crippen molar-refractivity contribution in [3.05, 3.63) is 36.0 Å². The molecule has 1 aromatic carbocycles. The quantitative estimate of drug-likeness (QED) is 0.740. The average Bonchev–Trinajstić information content (AvgIpc) is 3.23. The van der Waals surface area contributed by atoms with Crippen LogP contribution in [-0.2, 0) is 0 Å². The number of methoxy groups -OCH3 is 1. The minimum Gasteiger partial charge on any atom is -0.497 e. The Morgan fingerprint density at radius 1 is 1.23 bits per heavy atom. The fourth-order valence-corrected chi connectivity index (χ4v) is 3.68. The summed E-state index contributed by atoms with van der Waals surface area (Å²) in [6.07, 6.45) is 6.50. The molecule has 0 bridgehead atoms. The topological polar surface area (TPSA) is 78.1 Å². The van der Waals surface area contributed by atoms with Gasteiger partial charge in [0.15, 0.2) is 11.5 Å². The summed E-state index contributed by atoms with van der Waals surface area (Å²) < 4.78 is 7.14. The number of ether oxygens (including phenoxy) is 1. The van der Waals surface area contributed by atoms with Crippen LogP contribution < -0.4 is 10.1 Å². The smallest absolute Gasteiger partial charge is 0.173 e. The Morgan fingerprint density at radius 3 is 2.62 bits per heavy atom. The van der Waals surface area contributed by atoms with Gasteiger partial charge in [0.1, 0.15) is 23.1 Å². The van der Waals surface area contributed by atoms with Crippen LogP contribution in [0.5, 0.6) is 5.75 Å². The summed E-state index contributed by atoms with van der Waals surface area (Å²) in [7, 11) is 1.66. The largest absolute Gasteiger partial charge is 0.497 e. The van der Waals surface area contributed by atoms with Crippen LogP contribution in [0.15, 0.2) is 30.5 Å². The molecule has 0 atom stereocenters. The molecule has 4 rings (SSSR count). The van der Waals surface area contributed by atoms with E-state index in [1.807, 2.05) is 28.8 Å². The van der Waals surface area contributed by atoms with Crippen molar-refractivity contribution >= 4 is 11.5 Å². The van der Waals surface area contributed by atoms with Crippen molar-refractivity contribution in [1.29, 1.82) is 5.26 Å². The summed E-state index contributed by atoms with van der Waals surface area (Å²) in [5.41, 5.74) is 3.06. The molecule has 1 aliphatic carbocycles. The molecule has 6 nitrogen and oxygen atoms in total. The Kier molecular flexibility index (Phi) is 4.29. The number of hydrogen-bond donors (Lipinski definition) is 2. The highest BCUT2D eigenvalue weighted by Gasteiger charge is 2.23. The summed E-state index contributed by atoms with van der Waals surface area (Å²) in [6, 6.07) is 10.5. The summed E-state index contributed by atoms with van der Waals surface area (Å²) >= 11 is 0. The van der Waals surface area contributed by atoms with E-state index in [0.717, 1.165) is 41.6 Å². The van der Waals surface area contributed by atoms with E-state index in [4.69, 9.17) is 9.72 Å². The van der Waals surface area contributed by atoms with Gasteiger partial charge in [-0.15, -0.1) is 0 Å². The molecule has 2 aromatic heterocycles. The Bertz CT molecular complexity index is 939. The third kappa shape index (κ3) is 2.90. The maximum atomic E-state index is 9.35. The minimum atomic E-state index is 0.428. The number of benzene rings is 1. The van der Waals surface area contributed by atoms with Crippen molar-refractivity contribution in [2.24, 2.45) is 5.92 Å². The summed E-state index contributed by atoms with van der Waals surface area (Å²) in [4.78, 5) is 4.76. The molecule has 6 heteroatoms. The lowest BCUT2D eigenvalue weighted by Crippen LogP contribution is -2.26. The summed E-state index contributed by atoms with van der Waals surface area (Å²) in [6.45, 7) is 2.32. The standard InChI is InChI=1S/C20H23N5O/c1-13-3-7-16(8-4-13)23-20-18(14-5-9-17(26-2)10-6-14)24-19-15(11-21)12-22-25(19)20/h5-6,9-10,12-13,16,22-23H,3-4,7-8H2,1-2H3. The highest BCUT2D eigenvalue weighted by molar-refractivity contribution is 5.78. The molecule has 2 heterocycles. The molecule has 0 aliphatic heterocycles. The van der Waals surface area contributed by atoms with Gasteiger partial charge in [-0.1, -0.05) is 6.92 Å². The van der Waals surface area contributed by atoms with E-state index in [1.54, 1.807) is 13.3 Å². The van der Waals surface area contributed by atoms with Gasteiger partial charge in [0.2, 0.25) is 0 Å². The lowest BCUT2D eigenvalue weighted by Gasteiger charge is -2.27. The Morgan fingerprint density at radius 2 is 1.96 bits per heavy atom. The third-order valence-electron chi connectivity index (χ3n) is 5.30. The number of hydrogen-bond acceptors (Lipinski definition) is 4. The second-order valence-corrected chi connectivity index (χ2v) is 7.10. The van der Waals surface area contributed by atoms with Crippen molar-refractivity contribution < 1.29 is 4.74 Å². The van der Waals surface area contributed by atoms with Gasteiger partial charge in [0, 0.05) is 17.8 Å². The Balaban J connectivity index is 1.75. The number of aromatic nitrogens is 3. The molecule has 1 saturated carbocycles. The Hall–Kier alpha value is -2.94. The number of anilines is 1. The van der Waals surface area contributed by atoms with Gasteiger partial charge in [-0.3, -0.25) is 5.10 Å². The number of imidazole rings is 1. The van der Waals surface area contributed by atoms with Crippen LogP contribution in [0.2, 0.25) is 0 Å². The number of nitrogens with zero attached hydrogens (tertiary/aromatic N) is 3. The van der Waals surface area contributed by atoms with Crippen molar-refractivity contribution in [3.8, 4) is 23.1 Å². The fourth-order valence-electron chi connectivity index (χ4n) is 3.68. The molecular formula is C20H23N5O. The van der Waals surface area contributed by atoms with Crippen molar-refractivity contribution in [2.75, 3.05) is 12.4 Å². The minimum absolute atomic E-state index is 0.428. The molecule has 0 amide bonds. The maximum absolute atomic E-state index is 9.35. The molecule has 2 N–H and O–H groups in total. The molecular weight excluding hydrogens is 326 g/mol. The molecule has 0 unspecified atom stereocenters. The van der Waals surface area contributed by atoms with Crippen LogP contribution in [0.3, 0.4) is 0 Å². The van der Waals surface area contributed by atoms with Crippen molar-refractivity contribution in [2.45, 2.75) is 38.6 Å². The van der Waals surface area contributed by atoms with E-state index < -0.39 is 0 Å². The fraction of sp³-hybridized carbons (Fsp3) is 0.400. The summed E-state index contributed by atoms with van der Waals surface area (Å²) in [5, 5.41) is 16.2. The zero-order chi connectivity index (χ0) is 18.1. The number of H-pyrrole nitrogens is 1. The van der Waals surface area contributed by atoms with Crippen molar-refractivity contribution in [1.82, 2.24) is 14.6 Å². The highest BCUT2D eigenvalue weighted by Crippen LogP contribution is 2.33. The predicted octanol–water partition coefficient (Wildman–Crippen LogP) is 4.20. The van der Waals surface area contributed by atoms with E-state index in [0.29, 0.717) is 17.3 Å². The van der Waals surface area contributed by atoms with Crippen LogP contribution in [-0.4, -0.2) is 27.7 Å².